The summed E-state index contributed by atoms with van der Waals surface area (Å²) in [6.45, 7) is 4.10. The van der Waals surface area contributed by atoms with Gasteiger partial charge in [-0.3, -0.25) is 9.69 Å². The van der Waals surface area contributed by atoms with E-state index in [0.717, 1.165) is 23.1 Å². The zero-order valence-corrected chi connectivity index (χ0v) is 15.3. The van der Waals surface area contributed by atoms with Gasteiger partial charge >= 0.3 is 0 Å². The van der Waals surface area contributed by atoms with Crippen LogP contribution in [-0.4, -0.2) is 29.9 Å². The first-order valence-electron chi connectivity index (χ1n) is 8.98. The number of fused-ring (bicyclic) bond motifs is 2. The number of aliphatic imine (C=N–C) groups is 1. The van der Waals surface area contributed by atoms with E-state index in [1.807, 2.05) is 25.1 Å². The van der Waals surface area contributed by atoms with E-state index in [2.05, 4.69) is 36.2 Å². The molecule has 134 valence electrons. The fourth-order valence-corrected chi connectivity index (χ4v) is 3.90. The van der Waals surface area contributed by atoms with Crippen LogP contribution >= 0.6 is 0 Å². The molecule has 2 unspecified atom stereocenters. The zero-order valence-electron chi connectivity index (χ0n) is 15.3. The van der Waals surface area contributed by atoms with Crippen molar-refractivity contribution >= 4 is 11.9 Å². The van der Waals surface area contributed by atoms with Crippen LogP contribution in [0.2, 0.25) is 0 Å². The lowest BCUT2D eigenvalue weighted by atomic mass is 9.81. The first kappa shape index (κ1) is 16.6. The van der Waals surface area contributed by atoms with Gasteiger partial charge in [0.25, 0.3) is 5.91 Å². The number of hydrogen-bond acceptors (Lipinski definition) is 4. The van der Waals surface area contributed by atoms with Crippen LogP contribution in [0.15, 0.2) is 47.5 Å². The normalized spacial score (nSPS) is 24.4. The number of aryl methyl sites for hydroxylation is 1. The van der Waals surface area contributed by atoms with Crippen molar-refractivity contribution in [3.8, 4) is 16.9 Å². The van der Waals surface area contributed by atoms with E-state index in [1.54, 1.807) is 7.05 Å². The third-order valence-corrected chi connectivity index (χ3v) is 5.31. The van der Waals surface area contributed by atoms with Gasteiger partial charge in [0, 0.05) is 19.0 Å². The number of guanidine groups is 1. The summed E-state index contributed by atoms with van der Waals surface area (Å²) in [5, 5.41) is 0. The summed E-state index contributed by atoms with van der Waals surface area (Å²) < 4.78 is 5.99. The van der Waals surface area contributed by atoms with Gasteiger partial charge in [0.1, 0.15) is 5.75 Å². The molecule has 1 amide bonds. The van der Waals surface area contributed by atoms with Crippen LogP contribution in [0.5, 0.6) is 5.75 Å². The molecule has 0 aliphatic carbocycles. The Hall–Kier alpha value is -2.82. The highest BCUT2D eigenvalue weighted by Crippen LogP contribution is 2.46. The number of nitrogens with two attached hydrogens (primary N) is 1. The maximum Gasteiger partial charge on any atom is 0.261 e. The highest BCUT2D eigenvalue weighted by Gasteiger charge is 2.52. The van der Waals surface area contributed by atoms with Gasteiger partial charge in [0.15, 0.2) is 11.5 Å². The van der Waals surface area contributed by atoms with Crippen LogP contribution in [0.1, 0.15) is 31.4 Å². The van der Waals surface area contributed by atoms with Crippen LogP contribution in [-0.2, 0) is 16.8 Å². The average molecular weight is 349 g/mol. The van der Waals surface area contributed by atoms with Crippen LogP contribution < -0.4 is 10.5 Å². The third-order valence-electron chi connectivity index (χ3n) is 5.31. The number of carbonyl (C=O) groups is 1. The monoisotopic (exact) mass is 349 g/mol. The van der Waals surface area contributed by atoms with Gasteiger partial charge in [-0.2, -0.15) is 0 Å². The molecule has 2 aliphatic rings. The van der Waals surface area contributed by atoms with Crippen LogP contribution in [0.3, 0.4) is 0 Å². The fourth-order valence-electron chi connectivity index (χ4n) is 3.90. The highest BCUT2D eigenvalue weighted by molar-refractivity contribution is 6.07. The summed E-state index contributed by atoms with van der Waals surface area (Å²) in [5.74, 6) is 0.874. The Morgan fingerprint density at radius 2 is 2.04 bits per heavy atom. The van der Waals surface area contributed by atoms with Crippen molar-refractivity contribution in [3.05, 3.63) is 53.6 Å². The third kappa shape index (κ3) is 2.38. The van der Waals surface area contributed by atoms with Crippen LogP contribution in [0.25, 0.3) is 11.1 Å². The molecule has 26 heavy (non-hydrogen) atoms. The number of carbonyl (C=O) groups excluding carboxylic acids is 1. The van der Waals surface area contributed by atoms with Gasteiger partial charge in [0.2, 0.25) is 0 Å². The van der Waals surface area contributed by atoms with E-state index in [9.17, 15) is 4.79 Å². The number of hydrogen-bond donors (Lipinski definition) is 1. The van der Waals surface area contributed by atoms with Gasteiger partial charge in [-0.1, -0.05) is 37.3 Å². The Morgan fingerprint density at radius 3 is 2.73 bits per heavy atom. The molecular formula is C21H23N3O2. The minimum atomic E-state index is -0.982. The Morgan fingerprint density at radius 1 is 1.27 bits per heavy atom. The van der Waals surface area contributed by atoms with Gasteiger partial charge < -0.3 is 10.5 Å². The molecule has 0 bridgehead atoms. The van der Waals surface area contributed by atoms with E-state index in [-0.39, 0.29) is 18.0 Å². The largest absolute Gasteiger partial charge is 0.490 e. The van der Waals surface area contributed by atoms with E-state index in [4.69, 9.17) is 10.5 Å². The van der Waals surface area contributed by atoms with Gasteiger partial charge in [-0.15, -0.1) is 0 Å². The second-order valence-electron chi connectivity index (χ2n) is 7.09. The summed E-state index contributed by atoms with van der Waals surface area (Å²) in [6.07, 6.45) is 1.36. The van der Waals surface area contributed by atoms with Gasteiger partial charge in [0.05, 0.1) is 6.10 Å². The number of rotatable bonds is 2. The lowest BCUT2D eigenvalue weighted by molar-refractivity contribution is -0.132. The molecule has 0 radical (unpaired) electrons. The molecule has 2 aromatic carbocycles. The van der Waals surface area contributed by atoms with Gasteiger partial charge in [-0.05, 0) is 42.2 Å². The summed E-state index contributed by atoms with van der Waals surface area (Å²) in [6, 6.07) is 14.5. The van der Waals surface area contributed by atoms with Crippen molar-refractivity contribution in [2.24, 2.45) is 10.7 Å². The Balaban J connectivity index is 1.88. The predicted molar refractivity (Wildman–Crippen MR) is 102 cm³/mol. The maximum absolute atomic E-state index is 13.0. The zero-order chi connectivity index (χ0) is 18.5. The van der Waals surface area contributed by atoms with E-state index >= 15 is 0 Å². The average Bonchev–Trinajstić information content (AvgIpc) is 2.85. The van der Waals surface area contributed by atoms with Crippen molar-refractivity contribution in [2.75, 3.05) is 7.05 Å². The summed E-state index contributed by atoms with van der Waals surface area (Å²) in [5.41, 5.74) is 9.24. The lowest BCUT2D eigenvalue weighted by Gasteiger charge is -2.35. The maximum atomic E-state index is 13.0. The molecule has 2 heterocycles. The highest BCUT2D eigenvalue weighted by atomic mass is 16.5. The van der Waals surface area contributed by atoms with Crippen LogP contribution in [0.4, 0.5) is 0 Å². The predicted octanol–water partition coefficient (Wildman–Crippen LogP) is 3.07. The fraction of sp³-hybridized carbons (Fsp3) is 0.333. The Kier molecular flexibility index (Phi) is 3.75. The molecule has 1 spiro atoms. The smallest absolute Gasteiger partial charge is 0.261 e. The molecule has 5 heteroatoms. The summed E-state index contributed by atoms with van der Waals surface area (Å²) in [4.78, 5) is 19.1. The molecule has 5 nitrogen and oxygen atoms in total. The van der Waals surface area contributed by atoms with Crippen molar-refractivity contribution < 1.29 is 9.53 Å². The molecule has 0 fully saturated rings. The molecule has 4 rings (SSSR count). The lowest BCUT2D eigenvalue weighted by Crippen LogP contribution is -2.45. The van der Waals surface area contributed by atoms with Crippen molar-refractivity contribution in [3.63, 3.8) is 0 Å². The molecule has 2 aromatic rings. The van der Waals surface area contributed by atoms with Gasteiger partial charge in [-0.25, -0.2) is 4.99 Å². The number of nitrogens with zero attached hydrogens (tertiary/aromatic N) is 2. The molecule has 2 atom stereocenters. The minimum Gasteiger partial charge on any atom is -0.490 e. The SMILES string of the molecule is CCc1cccc(-c2ccc3c(c2)C2(CC(C)O3)N=C(N)N(C)C2=O)c1. The molecular weight excluding hydrogens is 326 g/mol. The molecule has 2 aliphatic heterocycles. The number of benzene rings is 2. The quantitative estimate of drug-likeness (QED) is 0.906. The van der Waals surface area contributed by atoms with E-state index < -0.39 is 5.54 Å². The molecule has 0 aromatic heterocycles. The summed E-state index contributed by atoms with van der Waals surface area (Å²) >= 11 is 0. The number of likely N-dealkylation sites (N-methyl/N-ethyl adjacent to an activating group) is 1. The standard InChI is InChI=1S/C21H23N3O2/c1-4-14-6-5-7-15(10-14)16-8-9-18-17(11-16)21(12-13(2)26-18)19(25)24(3)20(22)23-21/h5-11,13H,4,12H2,1-3H3,(H2,22,23). The Bertz CT molecular complexity index is 921. The minimum absolute atomic E-state index is 0.0918. The summed E-state index contributed by atoms with van der Waals surface area (Å²) in [7, 11) is 1.67. The second kappa shape index (κ2) is 5.87. The first-order chi connectivity index (χ1) is 12.4. The van der Waals surface area contributed by atoms with Crippen molar-refractivity contribution in [1.29, 1.82) is 0 Å². The molecule has 0 saturated carbocycles. The molecule has 0 saturated heterocycles. The second-order valence-corrected chi connectivity index (χ2v) is 7.09. The van der Waals surface area contributed by atoms with Crippen LogP contribution in [0, 0.1) is 0 Å². The van der Waals surface area contributed by atoms with Crippen molar-refractivity contribution in [2.45, 2.75) is 38.3 Å². The molecule has 2 N–H and O–H groups in total. The topological polar surface area (TPSA) is 67.9 Å². The first-order valence-corrected chi connectivity index (χ1v) is 8.98. The van der Waals surface area contributed by atoms with E-state index in [0.29, 0.717) is 12.2 Å². The Labute approximate surface area is 153 Å². The number of amides is 1. The number of ether oxygens (including phenoxy) is 1. The van der Waals surface area contributed by atoms with E-state index in [1.165, 1.54) is 10.5 Å². The van der Waals surface area contributed by atoms with Crippen molar-refractivity contribution in [1.82, 2.24) is 4.90 Å².